The fourth-order valence-corrected chi connectivity index (χ4v) is 2.01. The fourth-order valence-electron chi connectivity index (χ4n) is 2.01. The molecule has 0 radical (unpaired) electrons. The number of rotatable bonds is 5. The van der Waals surface area contributed by atoms with E-state index in [1.54, 1.807) is 24.5 Å². The van der Waals surface area contributed by atoms with E-state index in [1.165, 1.54) is 24.3 Å². The van der Waals surface area contributed by atoms with Gasteiger partial charge in [-0.05, 0) is 48.5 Å². The number of nitrogens with one attached hydrogen (secondary N) is 2. The molecule has 0 unspecified atom stereocenters. The van der Waals surface area contributed by atoms with Crippen molar-refractivity contribution in [2.24, 2.45) is 0 Å². The van der Waals surface area contributed by atoms with Gasteiger partial charge in [0.1, 0.15) is 17.4 Å². The zero-order valence-corrected chi connectivity index (χ0v) is 12.1. The molecule has 0 saturated heterocycles. The Labute approximate surface area is 132 Å². The number of nitrogens with zero attached hydrogens (tertiary/aromatic N) is 1. The highest BCUT2D eigenvalue weighted by atomic mass is 19.1. The Hall–Kier alpha value is -3.15. The quantitative estimate of drug-likeness (QED) is 0.760. The van der Waals surface area contributed by atoms with Gasteiger partial charge >= 0.3 is 0 Å². The highest BCUT2D eigenvalue weighted by molar-refractivity contribution is 5.92. The highest BCUT2D eigenvalue weighted by Gasteiger charge is 2.05. The SMILES string of the molecule is O=C(COc1ccc(F)cc1)Nc1ccc(-c2ncc[nH]2)cc1. The Morgan fingerprint density at radius 1 is 1.13 bits per heavy atom. The van der Waals surface area contributed by atoms with Crippen molar-refractivity contribution < 1.29 is 13.9 Å². The smallest absolute Gasteiger partial charge is 0.262 e. The van der Waals surface area contributed by atoms with Crippen LogP contribution in [0.3, 0.4) is 0 Å². The lowest BCUT2D eigenvalue weighted by atomic mass is 10.2. The van der Waals surface area contributed by atoms with Gasteiger partial charge < -0.3 is 15.0 Å². The second-order valence-corrected chi connectivity index (χ2v) is 4.81. The Morgan fingerprint density at radius 3 is 2.52 bits per heavy atom. The van der Waals surface area contributed by atoms with Crippen LogP contribution in [0.4, 0.5) is 10.1 Å². The van der Waals surface area contributed by atoms with Crippen molar-refractivity contribution in [3.05, 3.63) is 66.7 Å². The van der Waals surface area contributed by atoms with Gasteiger partial charge in [0, 0.05) is 23.6 Å². The Balaban J connectivity index is 1.54. The zero-order valence-electron chi connectivity index (χ0n) is 12.1. The third-order valence-corrected chi connectivity index (χ3v) is 3.12. The van der Waals surface area contributed by atoms with Crippen LogP contribution in [-0.4, -0.2) is 22.5 Å². The number of amides is 1. The van der Waals surface area contributed by atoms with Crippen LogP contribution in [0.15, 0.2) is 60.9 Å². The van der Waals surface area contributed by atoms with Crippen LogP contribution in [0.2, 0.25) is 0 Å². The number of imidazole rings is 1. The summed E-state index contributed by atoms with van der Waals surface area (Å²) in [6.45, 7) is -0.147. The van der Waals surface area contributed by atoms with Crippen LogP contribution in [0.25, 0.3) is 11.4 Å². The first-order valence-corrected chi connectivity index (χ1v) is 6.99. The van der Waals surface area contributed by atoms with Crippen molar-refractivity contribution in [2.75, 3.05) is 11.9 Å². The minimum Gasteiger partial charge on any atom is -0.484 e. The zero-order chi connectivity index (χ0) is 16.1. The molecule has 3 aromatic rings. The normalized spacial score (nSPS) is 10.3. The molecule has 0 bridgehead atoms. The average molecular weight is 311 g/mol. The van der Waals surface area contributed by atoms with Gasteiger partial charge in [0.2, 0.25) is 0 Å². The number of carbonyl (C=O) groups excluding carboxylic acids is 1. The second kappa shape index (κ2) is 6.74. The number of hydrogen-bond donors (Lipinski definition) is 2. The van der Waals surface area contributed by atoms with Crippen LogP contribution in [0.1, 0.15) is 0 Å². The third kappa shape index (κ3) is 3.94. The van der Waals surface area contributed by atoms with E-state index < -0.39 is 0 Å². The largest absolute Gasteiger partial charge is 0.484 e. The lowest BCUT2D eigenvalue weighted by molar-refractivity contribution is -0.118. The monoisotopic (exact) mass is 311 g/mol. The number of halogens is 1. The van der Waals surface area contributed by atoms with E-state index in [4.69, 9.17) is 4.74 Å². The van der Waals surface area contributed by atoms with Gasteiger partial charge in [0.15, 0.2) is 6.61 Å². The number of anilines is 1. The van der Waals surface area contributed by atoms with E-state index in [-0.39, 0.29) is 18.3 Å². The summed E-state index contributed by atoms with van der Waals surface area (Å²) in [7, 11) is 0. The molecular formula is C17H14FN3O2. The number of benzene rings is 2. The Bertz CT molecular complexity index is 769. The van der Waals surface area contributed by atoms with E-state index in [9.17, 15) is 9.18 Å². The summed E-state index contributed by atoms with van der Waals surface area (Å²) in [6, 6.07) is 12.8. The van der Waals surface area contributed by atoms with Crippen LogP contribution in [0, 0.1) is 5.82 Å². The van der Waals surface area contributed by atoms with Crippen molar-refractivity contribution in [3.8, 4) is 17.1 Å². The van der Waals surface area contributed by atoms with Crippen LogP contribution < -0.4 is 10.1 Å². The van der Waals surface area contributed by atoms with Crippen LogP contribution in [-0.2, 0) is 4.79 Å². The molecule has 2 aromatic carbocycles. The lowest BCUT2D eigenvalue weighted by Crippen LogP contribution is -2.20. The summed E-state index contributed by atoms with van der Waals surface area (Å²) in [6.07, 6.45) is 3.43. The Kier molecular flexibility index (Phi) is 4.33. The standard InChI is InChI=1S/C17H14FN3O2/c18-13-3-7-15(8-4-13)23-11-16(22)21-14-5-1-12(2-6-14)17-19-9-10-20-17/h1-10H,11H2,(H,19,20)(H,21,22). The molecule has 1 aromatic heterocycles. The van der Waals surface area contributed by atoms with Crippen molar-refractivity contribution >= 4 is 11.6 Å². The van der Waals surface area contributed by atoms with Gasteiger partial charge in [-0.25, -0.2) is 9.37 Å². The first-order valence-electron chi connectivity index (χ1n) is 6.99. The van der Waals surface area contributed by atoms with Gasteiger partial charge in [0.05, 0.1) is 0 Å². The van der Waals surface area contributed by atoms with Gasteiger partial charge in [-0.15, -0.1) is 0 Å². The van der Waals surface area contributed by atoms with Crippen molar-refractivity contribution in [1.82, 2.24) is 9.97 Å². The maximum Gasteiger partial charge on any atom is 0.262 e. The lowest BCUT2D eigenvalue weighted by Gasteiger charge is -2.08. The molecule has 0 atom stereocenters. The first-order chi connectivity index (χ1) is 11.2. The van der Waals surface area contributed by atoms with E-state index >= 15 is 0 Å². The minimum absolute atomic E-state index is 0.147. The van der Waals surface area contributed by atoms with Gasteiger partial charge in [-0.2, -0.15) is 0 Å². The summed E-state index contributed by atoms with van der Waals surface area (Å²) in [5.41, 5.74) is 1.59. The number of aromatic nitrogens is 2. The minimum atomic E-state index is -0.349. The molecule has 116 valence electrons. The molecular weight excluding hydrogens is 297 g/mol. The number of aromatic amines is 1. The number of carbonyl (C=O) groups is 1. The van der Waals surface area contributed by atoms with E-state index in [2.05, 4.69) is 15.3 Å². The molecule has 0 aliphatic rings. The molecule has 0 saturated carbocycles. The average Bonchev–Trinajstić information content (AvgIpc) is 3.09. The molecule has 0 aliphatic heterocycles. The Morgan fingerprint density at radius 2 is 1.87 bits per heavy atom. The molecule has 5 nitrogen and oxygen atoms in total. The molecule has 2 N–H and O–H groups in total. The molecule has 1 amide bonds. The predicted octanol–water partition coefficient (Wildman–Crippen LogP) is 3.23. The van der Waals surface area contributed by atoms with Gasteiger partial charge in [-0.3, -0.25) is 4.79 Å². The summed E-state index contributed by atoms with van der Waals surface area (Å²) in [5.74, 6) is 0.566. The number of H-pyrrole nitrogens is 1. The predicted molar refractivity (Wildman–Crippen MR) is 84.5 cm³/mol. The van der Waals surface area contributed by atoms with E-state index in [0.717, 1.165) is 11.4 Å². The van der Waals surface area contributed by atoms with Crippen LogP contribution >= 0.6 is 0 Å². The number of hydrogen-bond acceptors (Lipinski definition) is 3. The van der Waals surface area contributed by atoms with E-state index in [0.29, 0.717) is 11.4 Å². The summed E-state index contributed by atoms with van der Waals surface area (Å²) < 4.78 is 18.0. The first kappa shape index (κ1) is 14.8. The van der Waals surface area contributed by atoms with E-state index in [1.807, 2.05) is 12.1 Å². The molecule has 6 heteroatoms. The maximum absolute atomic E-state index is 12.8. The third-order valence-electron chi connectivity index (χ3n) is 3.12. The number of ether oxygens (including phenoxy) is 1. The van der Waals surface area contributed by atoms with Crippen LogP contribution in [0.5, 0.6) is 5.75 Å². The summed E-state index contributed by atoms with van der Waals surface area (Å²) in [5, 5.41) is 2.73. The van der Waals surface area contributed by atoms with Crippen molar-refractivity contribution in [3.63, 3.8) is 0 Å². The van der Waals surface area contributed by atoms with Crippen molar-refractivity contribution in [1.29, 1.82) is 0 Å². The highest BCUT2D eigenvalue weighted by Crippen LogP contribution is 2.17. The molecule has 23 heavy (non-hydrogen) atoms. The fraction of sp³-hybridized carbons (Fsp3) is 0.0588. The summed E-state index contributed by atoms with van der Waals surface area (Å²) >= 11 is 0. The summed E-state index contributed by atoms with van der Waals surface area (Å²) in [4.78, 5) is 19.0. The second-order valence-electron chi connectivity index (χ2n) is 4.81. The molecule has 0 spiro atoms. The van der Waals surface area contributed by atoms with Crippen molar-refractivity contribution in [2.45, 2.75) is 0 Å². The topological polar surface area (TPSA) is 67.0 Å². The molecule has 0 fully saturated rings. The van der Waals surface area contributed by atoms with Gasteiger partial charge in [-0.1, -0.05) is 0 Å². The molecule has 3 rings (SSSR count). The molecule has 0 aliphatic carbocycles. The van der Waals surface area contributed by atoms with Gasteiger partial charge in [0.25, 0.3) is 5.91 Å². The maximum atomic E-state index is 12.8. The molecule has 1 heterocycles.